The van der Waals surface area contributed by atoms with Crippen LogP contribution in [0.4, 0.5) is 5.69 Å². The molecule has 2 N–H and O–H groups in total. The molecule has 108 valence electrons. The number of carboxylic acid groups (broad SMARTS) is 1. The van der Waals surface area contributed by atoms with Gasteiger partial charge in [-0.25, -0.2) is 13.2 Å². The van der Waals surface area contributed by atoms with Crippen molar-refractivity contribution in [2.75, 3.05) is 4.72 Å². The Labute approximate surface area is 127 Å². The minimum atomic E-state index is -3.96. The van der Waals surface area contributed by atoms with E-state index in [1.807, 2.05) is 0 Å². The standard InChI is InChI=1S/C11H7N3O4S3/c15-11(16)10-9(3-4-19-10)21(17,18)14-6-1-2-7-8(5-6)13-20-12-7/h1-5,14H,(H,15,16). The van der Waals surface area contributed by atoms with Crippen LogP contribution in [-0.4, -0.2) is 28.2 Å². The summed E-state index contributed by atoms with van der Waals surface area (Å²) in [5, 5.41) is 10.4. The second-order valence-electron chi connectivity index (χ2n) is 3.99. The zero-order chi connectivity index (χ0) is 15.0. The summed E-state index contributed by atoms with van der Waals surface area (Å²) in [7, 11) is -3.96. The van der Waals surface area contributed by atoms with Crippen LogP contribution in [0.5, 0.6) is 0 Å². The zero-order valence-electron chi connectivity index (χ0n) is 10.2. The fourth-order valence-electron chi connectivity index (χ4n) is 1.72. The number of aromatic nitrogens is 2. The van der Waals surface area contributed by atoms with Gasteiger partial charge in [0.25, 0.3) is 10.0 Å². The normalized spacial score (nSPS) is 11.6. The van der Waals surface area contributed by atoms with Crippen molar-refractivity contribution in [2.24, 2.45) is 0 Å². The van der Waals surface area contributed by atoms with Crippen molar-refractivity contribution < 1.29 is 18.3 Å². The van der Waals surface area contributed by atoms with Crippen LogP contribution < -0.4 is 4.72 Å². The Morgan fingerprint density at radius 3 is 2.71 bits per heavy atom. The van der Waals surface area contributed by atoms with Gasteiger partial charge in [-0.15, -0.1) is 11.3 Å². The summed E-state index contributed by atoms with van der Waals surface area (Å²) < 4.78 is 34.9. The lowest BCUT2D eigenvalue weighted by molar-refractivity contribution is 0.0698. The van der Waals surface area contributed by atoms with E-state index in [0.717, 1.165) is 23.1 Å². The Morgan fingerprint density at radius 1 is 1.19 bits per heavy atom. The van der Waals surface area contributed by atoms with E-state index in [1.165, 1.54) is 11.4 Å². The Morgan fingerprint density at radius 2 is 1.95 bits per heavy atom. The van der Waals surface area contributed by atoms with Crippen LogP contribution in [0.25, 0.3) is 11.0 Å². The lowest BCUT2D eigenvalue weighted by atomic mass is 10.3. The largest absolute Gasteiger partial charge is 0.477 e. The highest BCUT2D eigenvalue weighted by Gasteiger charge is 2.24. The SMILES string of the molecule is O=C(O)c1sccc1S(=O)(=O)Nc1ccc2nsnc2c1. The quantitative estimate of drug-likeness (QED) is 0.753. The van der Waals surface area contributed by atoms with Crippen molar-refractivity contribution in [1.82, 2.24) is 8.75 Å². The molecule has 0 unspecified atom stereocenters. The van der Waals surface area contributed by atoms with Crippen molar-refractivity contribution in [3.63, 3.8) is 0 Å². The first-order valence-corrected chi connectivity index (χ1v) is 8.62. The number of hydrogen-bond acceptors (Lipinski definition) is 7. The van der Waals surface area contributed by atoms with Crippen molar-refractivity contribution in [2.45, 2.75) is 4.90 Å². The van der Waals surface area contributed by atoms with Gasteiger partial charge >= 0.3 is 5.97 Å². The van der Waals surface area contributed by atoms with Gasteiger partial charge in [0.2, 0.25) is 0 Å². The van der Waals surface area contributed by atoms with E-state index >= 15 is 0 Å². The van der Waals surface area contributed by atoms with Crippen LogP contribution in [0, 0.1) is 0 Å². The highest BCUT2D eigenvalue weighted by atomic mass is 32.2. The van der Waals surface area contributed by atoms with E-state index in [4.69, 9.17) is 5.11 Å². The van der Waals surface area contributed by atoms with E-state index in [1.54, 1.807) is 18.2 Å². The molecule has 0 amide bonds. The van der Waals surface area contributed by atoms with E-state index in [9.17, 15) is 13.2 Å². The number of nitrogens with one attached hydrogen (secondary N) is 1. The summed E-state index contributed by atoms with van der Waals surface area (Å²) in [6, 6.07) is 6.00. The van der Waals surface area contributed by atoms with E-state index < -0.39 is 16.0 Å². The summed E-state index contributed by atoms with van der Waals surface area (Å²) in [4.78, 5) is 10.5. The Balaban J connectivity index is 1.98. The van der Waals surface area contributed by atoms with Gasteiger partial charge in [0.15, 0.2) is 0 Å². The zero-order valence-corrected chi connectivity index (χ0v) is 12.6. The number of benzene rings is 1. The number of nitrogens with zero attached hydrogens (tertiary/aromatic N) is 2. The first-order valence-electron chi connectivity index (χ1n) is 5.53. The number of hydrogen-bond donors (Lipinski definition) is 2. The molecule has 0 aliphatic carbocycles. The van der Waals surface area contributed by atoms with Gasteiger partial charge in [0.05, 0.1) is 17.4 Å². The number of rotatable bonds is 4. The number of aromatic carboxylic acids is 1. The molecule has 0 spiro atoms. The molecule has 0 bridgehead atoms. The van der Waals surface area contributed by atoms with Crippen LogP contribution in [-0.2, 0) is 10.0 Å². The molecule has 10 heteroatoms. The van der Waals surface area contributed by atoms with Gasteiger partial charge < -0.3 is 5.11 Å². The molecule has 2 aromatic heterocycles. The van der Waals surface area contributed by atoms with Gasteiger partial charge in [-0.05, 0) is 29.6 Å². The Bertz CT molecular complexity index is 929. The Hall–Kier alpha value is -2.04. The topological polar surface area (TPSA) is 109 Å². The van der Waals surface area contributed by atoms with Crippen LogP contribution >= 0.6 is 23.1 Å². The molecule has 0 fully saturated rings. The third kappa shape index (κ3) is 2.60. The maximum atomic E-state index is 12.3. The van der Waals surface area contributed by atoms with Gasteiger partial charge in [0.1, 0.15) is 20.8 Å². The first-order chi connectivity index (χ1) is 9.97. The maximum Gasteiger partial charge on any atom is 0.347 e. The van der Waals surface area contributed by atoms with E-state index in [0.29, 0.717) is 16.7 Å². The lowest BCUT2D eigenvalue weighted by Crippen LogP contribution is -2.15. The van der Waals surface area contributed by atoms with Crippen LogP contribution in [0.1, 0.15) is 9.67 Å². The van der Waals surface area contributed by atoms with Gasteiger partial charge in [-0.1, -0.05) is 0 Å². The molecule has 0 saturated heterocycles. The van der Waals surface area contributed by atoms with Crippen molar-refractivity contribution in [1.29, 1.82) is 0 Å². The third-order valence-corrected chi connectivity index (χ3v) is 5.63. The summed E-state index contributed by atoms with van der Waals surface area (Å²) in [5.41, 5.74) is 1.55. The third-order valence-electron chi connectivity index (χ3n) is 2.62. The van der Waals surface area contributed by atoms with Crippen molar-refractivity contribution in [3.05, 3.63) is 34.5 Å². The number of thiophene rings is 1. The molecule has 0 radical (unpaired) electrons. The van der Waals surface area contributed by atoms with Crippen LogP contribution in [0.15, 0.2) is 34.5 Å². The smallest absolute Gasteiger partial charge is 0.347 e. The molecule has 0 atom stereocenters. The fraction of sp³-hybridized carbons (Fsp3) is 0. The molecule has 3 rings (SSSR count). The second-order valence-corrected chi connectivity index (χ2v) is 7.09. The van der Waals surface area contributed by atoms with Gasteiger partial charge in [-0.3, -0.25) is 4.72 Å². The highest BCUT2D eigenvalue weighted by molar-refractivity contribution is 7.93. The van der Waals surface area contributed by atoms with Crippen LogP contribution in [0.2, 0.25) is 0 Å². The van der Waals surface area contributed by atoms with E-state index in [-0.39, 0.29) is 9.77 Å². The predicted molar refractivity (Wildman–Crippen MR) is 79.5 cm³/mol. The van der Waals surface area contributed by atoms with Gasteiger partial charge in [0, 0.05) is 0 Å². The fourth-order valence-corrected chi connectivity index (χ4v) is 4.55. The number of anilines is 1. The maximum absolute atomic E-state index is 12.3. The predicted octanol–water partition coefficient (Wildman–Crippen LogP) is 2.25. The second kappa shape index (κ2) is 5.06. The minimum Gasteiger partial charge on any atom is -0.477 e. The molecule has 0 aliphatic heterocycles. The molecule has 2 heterocycles. The summed E-state index contributed by atoms with van der Waals surface area (Å²) in [6.07, 6.45) is 0. The number of sulfonamides is 1. The first kappa shape index (κ1) is 13.9. The molecular weight excluding hydrogens is 334 g/mol. The molecule has 3 aromatic rings. The lowest BCUT2D eigenvalue weighted by Gasteiger charge is -2.07. The van der Waals surface area contributed by atoms with Crippen molar-refractivity contribution >= 4 is 55.8 Å². The van der Waals surface area contributed by atoms with E-state index in [2.05, 4.69) is 13.5 Å². The minimum absolute atomic E-state index is 0.223. The molecule has 0 saturated carbocycles. The molecule has 1 aromatic carbocycles. The van der Waals surface area contributed by atoms with Crippen LogP contribution in [0.3, 0.4) is 0 Å². The average Bonchev–Trinajstić information content (AvgIpc) is 3.06. The highest BCUT2D eigenvalue weighted by Crippen LogP contribution is 2.25. The number of fused-ring (bicyclic) bond motifs is 1. The van der Waals surface area contributed by atoms with Crippen molar-refractivity contribution in [3.8, 4) is 0 Å². The molecule has 0 aliphatic rings. The van der Waals surface area contributed by atoms with Gasteiger partial charge in [-0.2, -0.15) is 8.75 Å². The molecule has 7 nitrogen and oxygen atoms in total. The summed E-state index contributed by atoms with van der Waals surface area (Å²) in [5.74, 6) is -1.27. The summed E-state index contributed by atoms with van der Waals surface area (Å²) in [6.45, 7) is 0. The monoisotopic (exact) mass is 341 g/mol. The Kier molecular flexibility index (Phi) is 3.35. The molecular formula is C11H7N3O4S3. The summed E-state index contributed by atoms with van der Waals surface area (Å²) >= 11 is 1.89. The average molecular weight is 341 g/mol. The number of carbonyl (C=O) groups is 1. The molecule has 21 heavy (non-hydrogen) atoms. The number of carboxylic acids is 1.